The minimum Gasteiger partial charge on any atom is -0.179 e. The predicted octanol–water partition coefficient (Wildman–Crippen LogP) is 2.30. The molecular weight excluding hydrogens is 159 g/mol. The van der Waals surface area contributed by atoms with Gasteiger partial charge in [0, 0.05) is 24.4 Å². The first-order valence-electron chi connectivity index (χ1n) is 2.54. The second kappa shape index (κ2) is 2.58. The zero-order valence-electron chi connectivity index (χ0n) is 4.93. The van der Waals surface area contributed by atoms with Gasteiger partial charge in [-0.15, -0.1) is 5.10 Å². The Bertz CT molecular complexity index is 156. The zero-order chi connectivity index (χ0) is 6.85. The van der Waals surface area contributed by atoms with E-state index in [1.54, 1.807) is 6.20 Å². The van der Waals surface area contributed by atoms with Gasteiger partial charge in [0.2, 0.25) is 0 Å². The van der Waals surface area contributed by atoms with E-state index >= 15 is 0 Å². The Morgan fingerprint density at radius 3 is 2.89 bits per heavy atom. The molecule has 0 aromatic heterocycles. The lowest BCUT2D eigenvalue weighted by Crippen LogP contribution is -2.05. The fourth-order valence-corrected chi connectivity index (χ4v) is 1.21. The molecular formula is C5H6Cl2N2. The van der Waals surface area contributed by atoms with Crippen LogP contribution in [-0.4, -0.2) is 9.70 Å². The molecule has 0 fully saturated rings. The average Bonchev–Trinajstić information content (AvgIpc) is 1.59. The van der Waals surface area contributed by atoms with E-state index in [2.05, 4.69) is 5.10 Å². The standard InChI is InChI=1S/C5H6Cl2N2/c1-4-2-5(6)8-9(7)3-4/h3H,2H2,1H3. The normalized spacial score (nSPS) is 19.2. The van der Waals surface area contributed by atoms with Crippen molar-refractivity contribution in [3.8, 4) is 0 Å². The summed E-state index contributed by atoms with van der Waals surface area (Å²) in [5.74, 6) is 0. The molecule has 1 aliphatic heterocycles. The molecule has 4 heteroatoms. The second-order valence-corrected chi connectivity index (χ2v) is 2.70. The van der Waals surface area contributed by atoms with Crippen LogP contribution in [0.15, 0.2) is 16.9 Å². The lowest BCUT2D eigenvalue weighted by molar-refractivity contribution is 0.635. The Morgan fingerprint density at radius 2 is 2.44 bits per heavy atom. The summed E-state index contributed by atoms with van der Waals surface area (Å²) in [7, 11) is 0. The maximum absolute atomic E-state index is 5.59. The molecule has 1 aliphatic rings. The number of hydrogen-bond donors (Lipinski definition) is 0. The summed E-state index contributed by atoms with van der Waals surface area (Å²) in [6, 6.07) is 0. The molecule has 0 radical (unpaired) electrons. The maximum atomic E-state index is 5.59. The van der Waals surface area contributed by atoms with Crippen LogP contribution < -0.4 is 0 Å². The SMILES string of the molecule is CC1=CN(Cl)N=C(Cl)C1. The first kappa shape index (κ1) is 6.90. The van der Waals surface area contributed by atoms with Crippen molar-refractivity contribution in [3.05, 3.63) is 11.8 Å². The van der Waals surface area contributed by atoms with Crippen LogP contribution in [0.5, 0.6) is 0 Å². The molecule has 0 aliphatic carbocycles. The topological polar surface area (TPSA) is 15.6 Å². The lowest BCUT2D eigenvalue weighted by atomic mass is 10.2. The van der Waals surface area contributed by atoms with Crippen LogP contribution in [0.2, 0.25) is 0 Å². The maximum Gasteiger partial charge on any atom is 0.132 e. The smallest absolute Gasteiger partial charge is 0.132 e. The van der Waals surface area contributed by atoms with Gasteiger partial charge in [0.1, 0.15) is 5.17 Å². The van der Waals surface area contributed by atoms with Crippen LogP contribution >= 0.6 is 23.4 Å². The van der Waals surface area contributed by atoms with Crippen molar-refractivity contribution < 1.29 is 0 Å². The minimum absolute atomic E-state index is 0.532. The number of rotatable bonds is 0. The van der Waals surface area contributed by atoms with Crippen molar-refractivity contribution in [3.63, 3.8) is 0 Å². The van der Waals surface area contributed by atoms with Gasteiger partial charge in [-0.1, -0.05) is 11.6 Å². The van der Waals surface area contributed by atoms with E-state index < -0.39 is 0 Å². The highest BCUT2D eigenvalue weighted by Gasteiger charge is 2.05. The van der Waals surface area contributed by atoms with E-state index in [-0.39, 0.29) is 0 Å². The first-order chi connectivity index (χ1) is 4.18. The highest BCUT2D eigenvalue weighted by atomic mass is 35.5. The van der Waals surface area contributed by atoms with Gasteiger partial charge >= 0.3 is 0 Å². The number of allylic oxidation sites excluding steroid dienone is 1. The van der Waals surface area contributed by atoms with E-state index in [0.29, 0.717) is 11.6 Å². The highest BCUT2D eigenvalue weighted by molar-refractivity contribution is 6.65. The molecule has 0 spiro atoms. The summed E-state index contributed by atoms with van der Waals surface area (Å²) in [5.41, 5.74) is 1.12. The van der Waals surface area contributed by atoms with Gasteiger partial charge in [-0.05, 0) is 12.5 Å². The molecule has 0 N–H and O–H groups in total. The summed E-state index contributed by atoms with van der Waals surface area (Å²) in [5, 5.41) is 4.27. The van der Waals surface area contributed by atoms with E-state index in [0.717, 1.165) is 5.57 Å². The fourth-order valence-electron chi connectivity index (χ4n) is 0.625. The fraction of sp³-hybridized carbons (Fsp3) is 0.400. The molecule has 2 nitrogen and oxygen atoms in total. The monoisotopic (exact) mass is 164 g/mol. The summed E-state index contributed by atoms with van der Waals surface area (Å²) >= 11 is 11.1. The summed E-state index contributed by atoms with van der Waals surface area (Å²) in [4.78, 5) is 0. The molecule has 0 atom stereocenters. The van der Waals surface area contributed by atoms with Crippen LogP contribution in [0.4, 0.5) is 0 Å². The van der Waals surface area contributed by atoms with Gasteiger partial charge in [0.15, 0.2) is 0 Å². The summed E-state index contributed by atoms with van der Waals surface area (Å²) in [6.07, 6.45) is 2.44. The molecule has 1 rings (SSSR count). The molecule has 0 saturated carbocycles. The predicted molar refractivity (Wildman–Crippen MR) is 39.4 cm³/mol. The largest absolute Gasteiger partial charge is 0.179 e. The van der Waals surface area contributed by atoms with Gasteiger partial charge < -0.3 is 0 Å². The third-order valence-corrected chi connectivity index (χ3v) is 1.34. The number of halogens is 2. The lowest BCUT2D eigenvalue weighted by Gasteiger charge is -2.11. The van der Waals surface area contributed by atoms with Crippen LogP contribution in [0, 0.1) is 0 Å². The molecule has 0 amide bonds. The Morgan fingerprint density at radius 1 is 1.78 bits per heavy atom. The Kier molecular flexibility index (Phi) is 1.98. The zero-order valence-corrected chi connectivity index (χ0v) is 6.45. The van der Waals surface area contributed by atoms with Crippen molar-refractivity contribution in [2.24, 2.45) is 5.10 Å². The van der Waals surface area contributed by atoms with Crippen molar-refractivity contribution in [2.45, 2.75) is 13.3 Å². The third kappa shape index (κ3) is 1.88. The van der Waals surface area contributed by atoms with Crippen LogP contribution in [-0.2, 0) is 0 Å². The summed E-state index contributed by atoms with van der Waals surface area (Å²) in [6.45, 7) is 1.95. The molecule has 0 aromatic carbocycles. The van der Waals surface area contributed by atoms with Crippen molar-refractivity contribution >= 4 is 28.5 Å². The Hall–Kier alpha value is -0.210. The van der Waals surface area contributed by atoms with E-state index in [4.69, 9.17) is 23.4 Å². The van der Waals surface area contributed by atoms with Crippen LogP contribution in [0.25, 0.3) is 0 Å². The van der Waals surface area contributed by atoms with Crippen molar-refractivity contribution in [1.82, 2.24) is 4.53 Å². The van der Waals surface area contributed by atoms with Gasteiger partial charge in [0.05, 0.1) is 0 Å². The van der Waals surface area contributed by atoms with Crippen LogP contribution in [0.1, 0.15) is 13.3 Å². The quantitative estimate of drug-likeness (QED) is 0.503. The highest BCUT2D eigenvalue weighted by Crippen LogP contribution is 2.15. The number of hydrogen-bond acceptors (Lipinski definition) is 2. The van der Waals surface area contributed by atoms with Crippen molar-refractivity contribution in [2.75, 3.05) is 0 Å². The molecule has 0 aromatic rings. The second-order valence-electron chi connectivity index (χ2n) is 1.92. The molecule has 0 saturated heterocycles. The number of hydrazone groups is 1. The summed E-state index contributed by atoms with van der Waals surface area (Å²) < 4.78 is 1.20. The first-order valence-corrected chi connectivity index (χ1v) is 3.25. The Labute approximate surface area is 63.8 Å². The van der Waals surface area contributed by atoms with E-state index in [1.807, 2.05) is 6.92 Å². The molecule has 9 heavy (non-hydrogen) atoms. The minimum atomic E-state index is 0.532. The third-order valence-electron chi connectivity index (χ3n) is 0.956. The van der Waals surface area contributed by atoms with Crippen LogP contribution in [0.3, 0.4) is 0 Å². The van der Waals surface area contributed by atoms with Gasteiger partial charge in [-0.2, -0.15) is 4.53 Å². The van der Waals surface area contributed by atoms with Gasteiger partial charge in [-0.25, -0.2) is 0 Å². The van der Waals surface area contributed by atoms with Crippen molar-refractivity contribution in [1.29, 1.82) is 0 Å². The van der Waals surface area contributed by atoms with E-state index in [9.17, 15) is 0 Å². The van der Waals surface area contributed by atoms with Gasteiger partial charge in [0.25, 0.3) is 0 Å². The van der Waals surface area contributed by atoms with E-state index in [1.165, 1.54) is 4.53 Å². The molecule has 0 bridgehead atoms. The molecule has 0 unspecified atom stereocenters. The number of nitrogens with zero attached hydrogens (tertiary/aromatic N) is 2. The molecule has 50 valence electrons. The Balaban J connectivity index is 2.69. The molecule has 1 heterocycles. The average molecular weight is 165 g/mol. The van der Waals surface area contributed by atoms with Gasteiger partial charge in [-0.3, -0.25) is 0 Å².